The zero-order valence-electron chi connectivity index (χ0n) is 9.33. The summed E-state index contributed by atoms with van der Waals surface area (Å²) in [5.74, 6) is 0.167. The third-order valence-electron chi connectivity index (χ3n) is 2.42. The van der Waals surface area contributed by atoms with Gasteiger partial charge in [0.15, 0.2) is 0 Å². The van der Waals surface area contributed by atoms with Gasteiger partial charge in [-0.15, -0.1) is 6.58 Å². The standard InChI is InChI=1S/C12H18O2/c1-6-10-9(7-8(2)3)11(13)14-12(10,4)5/h6-8,10H,1H2,2-5H3/b9-7-. The van der Waals surface area contributed by atoms with Crippen molar-refractivity contribution in [1.82, 2.24) is 0 Å². The number of hydrogen-bond acceptors (Lipinski definition) is 2. The average Bonchev–Trinajstić information content (AvgIpc) is 2.20. The van der Waals surface area contributed by atoms with Crippen LogP contribution in [0.15, 0.2) is 24.3 Å². The first kappa shape index (κ1) is 11.0. The topological polar surface area (TPSA) is 26.3 Å². The molecular weight excluding hydrogens is 176 g/mol. The van der Waals surface area contributed by atoms with E-state index in [2.05, 4.69) is 6.58 Å². The third kappa shape index (κ3) is 1.89. The SMILES string of the molecule is C=CC1/C(=C/C(C)C)C(=O)OC1(C)C. The van der Waals surface area contributed by atoms with Crippen LogP contribution in [0, 0.1) is 11.8 Å². The number of esters is 1. The molecule has 1 unspecified atom stereocenters. The fourth-order valence-electron chi connectivity index (χ4n) is 1.80. The molecule has 1 aliphatic rings. The number of cyclic esters (lactones) is 1. The van der Waals surface area contributed by atoms with Gasteiger partial charge in [-0.05, 0) is 19.8 Å². The Kier molecular flexibility index (Phi) is 2.84. The Morgan fingerprint density at radius 3 is 2.50 bits per heavy atom. The largest absolute Gasteiger partial charge is 0.455 e. The second kappa shape index (κ2) is 3.60. The molecule has 1 fully saturated rings. The van der Waals surface area contributed by atoms with Gasteiger partial charge in [-0.25, -0.2) is 4.79 Å². The highest BCUT2D eigenvalue weighted by Gasteiger charge is 2.43. The second-order valence-electron chi connectivity index (χ2n) is 4.57. The predicted molar refractivity (Wildman–Crippen MR) is 56.8 cm³/mol. The van der Waals surface area contributed by atoms with Crippen molar-refractivity contribution in [1.29, 1.82) is 0 Å². The Balaban J connectivity index is 3.06. The van der Waals surface area contributed by atoms with Gasteiger partial charge in [-0.1, -0.05) is 26.0 Å². The van der Waals surface area contributed by atoms with Crippen molar-refractivity contribution in [2.24, 2.45) is 11.8 Å². The van der Waals surface area contributed by atoms with Crippen molar-refractivity contribution in [2.75, 3.05) is 0 Å². The lowest BCUT2D eigenvalue weighted by molar-refractivity contribution is -0.144. The second-order valence-corrected chi connectivity index (χ2v) is 4.57. The molecule has 14 heavy (non-hydrogen) atoms. The zero-order chi connectivity index (χ0) is 10.9. The molecule has 2 nitrogen and oxygen atoms in total. The lowest BCUT2D eigenvalue weighted by Gasteiger charge is -2.21. The molecule has 1 rings (SSSR count). The summed E-state index contributed by atoms with van der Waals surface area (Å²) in [6.07, 6.45) is 3.75. The van der Waals surface area contributed by atoms with E-state index in [1.165, 1.54) is 0 Å². The van der Waals surface area contributed by atoms with Crippen LogP contribution in [-0.4, -0.2) is 11.6 Å². The molecule has 0 aromatic heterocycles. The molecule has 78 valence electrons. The Morgan fingerprint density at radius 2 is 2.07 bits per heavy atom. The van der Waals surface area contributed by atoms with Crippen molar-refractivity contribution in [3.05, 3.63) is 24.3 Å². The minimum absolute atomic E-state index is 0.0115. The summed E-state index contributed by atoms with van der Waals surface area (Å²) in [7, 11) is 0. The summed E-state index contributed by atoms with van der Waals surface area (Å²) in [5.41, 5.74) is 0.305. The van der Waals surface area contributed by atoms with Crippen LogP contribution in [0.25, 0.3) is 0 Å². The van der Waals surface area contributed by atoms with Gasteiger partial charge in [0.1, 0.15) is 5.60 Å². The van der Waals surface area contributed by atoms with Gasteiger partial charge in [0.2, 0.25) is 0 Å². The van der Waals surface area contributed by atoms with Crippen LogP contribution in [0.2, 0.25) is 0 Å². The Bertz CT molecular complexity index is 285. The van der Waals surface area contributed by atoms with Crippen LogP contribution in [0.4, 0.5) is 0 Å². The highest BCUT2D eigenvalue weighted by Crippen LogP contribution is 2.37. The molecule has 0 bridgehead atoms. The minimum Gasteiger partial charge on any atom is -0.455 e. The van der Waals surface area contributed by atoms with Gasteiger partial charge in [0, 0.05) is 11.5 Å². The molecule has 1 aliphatic heterocycles. The summed E-state index contributed by atoms with van der Waals surface area (Å²) in [5, 5.41) is 0. The number of rotatable bonds is 2. The Labute approximate surface area is 85.6 Å². The molecule has 0 saturated carbocycles. The van der Waals surface area contributed by atoms with E-state index < -0.39 is 5.60 Å². The van der Waals surface area contributed by atoms with Crippen molar-refractivity contribution >= 4 is 5.97 Å². The molecule has 0 radical (unpaired) electrons. The Hall–Kier alpha value is -1.05. The van der Waals surface area contributed by atoms with Gasteiger partial charge in [-0.3, -0.25) is 0 Å². The summed E-state index contributed by atoms with van der Waals surface area (Å²) in [4.78, 5) is 11.6. The summed E-state index contributed by atoms with van der Waals surface area (Å²) < 4.78 is 5.29. The molecule has 1 atom stereocenters. The van der Waals surface area contributed by atoms with Crippen LogP contribution < -0.4 is 0 Å². The van der Waals surface area contributed by atoms with E-state index >= 15 is 0 Å². The van der Waals surface area contributed by atoms with Gasteiger partial charge in [-0.2, -0.15) is 0 Å². The fourth-order valence-corrected chi connectivity index (χ4v) is 1.80. The molecule has 0 amide bonds. The van der Waals surface area contributed by atoms with Gasteiger partial charge in [0.25, 0.3) is 0 Å². The van der Waals surface area contributed by atoms with Gasteiger partial charge in [0.05, 0.1) is 0 Å². The molecule has 2 heteroatoms. The quantitative estimate of drug-likeness (QED) is 0.384. The number of carbonyl (C=O) groups excluding carboxylic acids is 1. The number of hydrogen-bond donors (Lipinski definition) is 0. The average molecular weight is 194 g/mol. The van der Waals surface area contributed by atoms with Crippen molar-refractivity contribution in [3.8, 4) is 0 Å². The fraction of sp³-hybridized carbons (Fsp3) is 0.583. The maximum Gasteiger partial charge on any atom is 0.335 e. The maximum atomic E-state index is 11.6. The van der Waals surface area contributed by atoms with Crippen LogP contribution in [0.3, 0.4) is 0 Å². The lowest BCUT2D eigenvalue weighted by atomic mass is 9.86. The van der Waals surface area contributed by atoms with E-state index in [1.54, 1.807) is 6.08 Å². The molecular formula is C12H18O2. The van der Waals surface area contributed by atoms with E-state index in [9.17, 15) is 4.79 Å². The molecule has 0 N–H and O–H groups in total. The van der Waals surface area contributed by atoms with E-state index in [0.717, 1.165) is 5.57 Å². The summed E-state index contributed by atoms with van der Waals surface area (Å²) in [6, 6.07) is 0. The van der Waals surface area contributed by atoms with Crippen LogP contribution in [0.5, 0.6) is 0 Å². The molecule has 0 spiro atoms. The predicted octanol–water partition coefficient (Wildman–Crippen LogP) is 2.71. The van der Waals surface area contributed by atoms with Gasteiger partial charge >= 0.3 is 5.97 Å². The lowest BCUT2D eigenvalue weighted by Crippen LogP contribution is -2.26. The Morgan fingerprint density at radius 1 is 1.50 bits per heavy atom. The normalized spacial score (nSPS) is 28.2. The molecule has 0 aliphatic carbocycles. The molecule has 1 saturated heterocycles. The van der Waals surface area contributed by atoms with E-state index in [4.69, 9.17) is 4.74 Å². The monoisotopic (exact) mass is 194 g/mol. The minimum atomic E-state index is -0.445. The van der Waals surface area contributed by atoms with Crippen LogP contribution in [-0.2, 0) is 9.53 Å². The van der Waals surface area contributed by atoms with Crippen molar-refractivity contribution in [3.63, 3.8) is 0 Å². The molecule has 0 aromatic rings. The number of ether oxygens (including phenoxy) is 1. The first-order chi connectivity index (χ1) is 6.38. The smallest absolute Gasteiger partial charge is 0.335 e. The van der Waals surface area contributed by atoms with E-state index in [-0.39, 0.29) is 11.9 Å². The third-order valence-corrected chi connectivity index (χ3v) is 2.42. The maximum absolute atomic E-state index is 11.6. The summed E-state index contributed by atoms with van der Waals surface area (Å²) in [6.45, 7) is 11.7. The first-order valence-electron chi connectivity index (χ1n) is 4.96. The van der Waals surface area contributed by atoms with Crippen molar-refractivity contribution < 1.29 is 9.53 Å². The molecule has 1 heterocycles. The summed E-state index contributed by atoms with van der Waals surface area (Å²) >= 11 is 0. The van der Waals surface area contributed by atoms with Crippen LogP contribution in [0.1, 0.15) is 27.7 Å². The van der Waals surface area contributed by atoms with Gasteiger partial charge < -0.3 is 4.74 Å². The van der Waals surface area contributed by atoms with E-state index in [1.807, 2.05) is 33.8 Å². The van der Waals surface area contributed by atoms with E-state index in [0.29, 0.717) is 5.92 Å². The molecule has 0 aromatic carbocycles. The highest BCUT2D eigenvalue weighted by molar-refractivity contribution is 5.92. The highest BCUT2D eigenvalue weighted by atomic mass is 16.6. The zero-order valence-corrected chi connectivity index (χ0v) is 9.33. The van der Waals surface area contributed by atoms with Crippen LogP contribution >= 0.6 is 0 Å². The number of carbonyl (C=O) groups is 1. The number of allylic oxidation sites excluding steroid dienone is 1. The first-order valence-corrected chi connectivity index (χ1v) is 4.96. The van der Waals surface area contributed by atoms with Crippen molar-refractivity contribution in [2.45, 2.75) is 33.3 Å².